The van der Waals surface area contributed by atoms with E-state index in [9.17, 15) is 23.1 Å². The van der Waals surface area contributed by atoms with Gasteiger partial charge in [0.2, 0.25) is 5.88 Å². The van der Waals surface area contributed by atoms with E-state index >= 15 is 0 Å². The third kappa shape index (κ3) is 6.54. The number of pyridine rings is 1. The molecule has 4 rings (SSSR count). The van der Waals surface area contributed by atoms with Crippen LogP contribution in [0.15, 0.2) is 30.3 Å². The molecule has 0 saturated carbocycles. The van der Waals surface area contributed by atoms with Crippen LogP contribution in [0.4, 0.5) is 29.5 Å². The largest absolute Gasteiger partial charge is 0.475 e. The molecule has 1 atom stereocenters. The van der Waals surface area contributed by atoms with Crippen molar-refractivity contribution in [3.63, 3.8) is 0 Å². The minimum absolute atomic E-state index is 0.0983. The Morgan fingerprint density at radius 1 is 1.25 bits per heavy atom. The Bertz CT molecular complexity index is 1070. The second-order valence-corrected chi connectivity index (χ2v) is 9.84. The monoisotopic (exact) mass is 526 g/mol. The SMILES string of the molecule is Cc1ccc(NC(=O)N2CCSC(C(F)(F)F)C2)cc1-c1cc(OCCO)nc(N2CCOCC2)c1. The highest BCUT2D eigenvalue weighted by Crippen LogP contribution is 2.35. The van der Waals surface area contributed by atoms with Crippen LogP contribution in [0.25, 0.3) is 11.1 Å². The van der Waals surface area contributed by atoms with Gasteiger partial charge in [0.05, 0.1) is 19.8 Å². The van der Waals surface area contributed by atoms with E-state index < -0.39 is 17.5 Å². The number of halogens is 3. The zero-order chi connectivity index (χ0) is 25.7. The summed E-state index contributed by atoms with van der Waals surface area (Å²) in [6, 6.07) is 8.50. The molecule has 2 aromatic rings. The molecular formula is C24H29F3N4O4S. The third-order valence-corrected chi connectivity index (χ3v) is 7.22. The number of morpholine rings is 1. The van der Waals surface area contributed by atoms with Crippen LogP contribution in [0.2, 0.25) is 0 Å². The molecule has 2 aliphatic heterocycles. The number of hydrogen-bond acceptors (Lipinski definition) is 7. The molecular weight excluding hydrogens is 497 g/mol. The number of rotatable bonds is 6. The van der Waals surface area contributed by atoms with Crippen LogP contribution in [0.3, 0.4) is 0 Å². The zero-order valence-electron chi connectivity index (χ0n) is 19.9. The molecule has 36 heavy (non-hydrogen) atoms. The number of aliphatic hydroxyl groups is 1. The minimum Gasteiger partial charge on any atom is -0.475 e. The highest BCUT2D eigenvalue weighted by molar-refractivity contribution is 8.00. The minimum atomic E-state index is -4.35. The summed E-state index contributed by atoms with van der Waals surface area (Å²) in [5, 5.41) is 10.3. The van der Waals surface area contributed by atoms with E-state index in [2.05, 4.69) is 15.2 Å². The molecule has 12 heteroatoms. The normalized spacial score (nSPS) is 18.8. The summed E-state index contributed by atoms with van der Waals surface area (Å²) < 4.78 is 50.5. The van der Waals surface area contributed by atoms with Crippen molar-refractivity contribution in [3.05, 3.63) is 35.9 Å². The predicted octanol–water partition coefficient (Wildman–Crippen LogP) is 3.78. The van der Waals surface area contributed by atoms with Crippen molar-refractivity contribution in [1.29, 1.82) is 0 Å². The van der Waals surface area contributed by atoms with Crippen LogP contribution in [0.5, 0.6) is 5.88 Å². The number of amides is 2. The number of carbonyl (C=O) groups excluding carboxylic acids is 1. The molecule has 2 saturated heterocycles. The van der Waals surface area contributed by atoms with Crippen molar-refractivity contribution in [3.8, 4) is 17.0 Å². The topological polar surface area (TPSA) is 87.2 Å². The third-order valence-electron chi connectivity index (χ3n) is 5.98. The number of nitrogens with zero attached hydrogens (tertiary/aromatic N) is 3. The number of aryl methyl sites for hydroxylation is 1. The first-order valence-electron chi connectivity index (χ1n) is 11.7. The van der Waals surface area contributed by atoms with Crippen LogP contribution < -0.4 is 15.0 Å². The summed E-state index contributed by atoms with van der Waals surface area (Å²) in [4.78, 5) is 20.6. The Kier molecular flexibility index (Phi) is 8.47. The number of thioether (sulfide) groups is 1. The van der Waals surface area contributed by atoms with Crippen LogP contribution in [0.1, 0.15) is 5.56 Å². The van der Waals surface area contributed by atoms with Gasteiger partial charge in [-0.05, 0) is 41.8 Å². The number of carbonyl (C=O) groups is 1. The Morgan fingerprint density at radius 3 is 2.75 bits per heavy atom. The summed E-state index contributed by atoms with van der Waals surface area (Å²) in [5.41, 5.74) is 3.04. The van der Waals surface area contributed by atoms with Gasteiger partial charge in [-0.2, -0.15) is 18.2 Å². The number of nitrogens with one attached hydrogen (secondary N) is 1. The number of urea groups is 1. The molecule has 2 fully saturated rings. The molecule has 3 heterocycles. The number of aliphatic hydroxyl groups excluding tert-OH is 1. The molecule has 8 nitrogen and oxygen atoms in total. The Balaban J connectivity index is 1.57. The summed E-state index contributed by atoms with van der Waals surface area (Å²) in [7, 11) is 0. The molecule has 196 valence electrons. The molecule has 2 N–H and O–H groups in total. The molecule has 2 aliphatic rings. The van der Waals surface area contributed by atoms with Crippen molar-refractivity contribution in [2.75, 3.05) is 68.6 Å². The van der Waals surface area contributed by atoms with E-state index in [0.29, 0.717) is 43.7 Å². The van der Waals surface area contributed by atoms with Gasteiger partial charge in [-0.15, -0.1) is 11.8 Å². The first-order chi connectivity index (χ1) is 17.2. The maximum Gasteiger partial charge on any atom is 0.402 e. The van der Waals surface area contributed by atoms with Gasteiger partial charge in [0.1, 0.15) is 17.7 Å². The van der Waals surface area contributed by atoms with Crippen molar-refractivity contribution < 1.29 is 32.5 Å². The molecule has 1 aromatic carbocycles. The van der Waals surface area contributed by atoms with Gasteiger partial charge in [-0.1, -0.05) is 6.07 Å². The number of hydrogen-bond donors (Lipinski definition) is 2. The summed E-state index contributed by atoms with van der Waals surface area (Å²) in [6.07, 6.45) is -4.35. The molecule has 1 unspecified atom stereocenters. The van der Waals surface area contributed by atoms with Crippen molar-refractivity contribution in [2.45, 2.75) is 18.3 Å². The molecule has 0 spiro atoms. The number of alkyl halides is 3. The lowest BCUT2D eigenvalue weighted by Crippen LogP contribution is -2.48. The zero-order valence-corrected chi connectivity index (χ0v) is 20.7. The summed E-state index contributed by atoms with van der Waals surface area (Å²) in [5.74, 6) is 1.30. The number of aromatic nitrogens is 1. The summed E-state index contributed by atoms with van der Waals surface area (Å²) in [6.45, 7) is 4.28. The van der Waals surface area contributed by atoms with Gasteiger partial charge in [-0.3, -0.25) is 0 Å². The van der Waals surface area contributed by atoms with Gasteiger partial charge in [-0.25, -0.2) is 4.79 Å². The lowest BCUT2D eigenvalue weighted by atomic mass is 10.0. The maximum absolute atomic E-state index is 13.1. The molecule has 0 aliphatic carbocycles. The highest BCUT2D eigenvalue weighted by atomic mass is 32.2. The van der Waals surface area contributed by atoms with Gasteiger partial charge in [0.25, 0.3) is 0 Å². The van der Waals surface area contributed by atoms with Gasteiger partial charge < -0.3 is 29.7 Å². The van der Waals surface area contributed by atoms with E-state index in [1.807, 2.05) is 19.1 Å². The van der Waals surface area contributed by atoms with E-state index in [1.54, 1.807) is 18.2 Å². The number of anilines is 2. The van der Waals surface area contributed by atoms with E-state index in [-0.39, 0.29) is 32.1 Å². The summed E-state index contributed by atoms with van der Waals surface area (Å²) >= 11 is 0.827. The fourth-order valence-electron chi connectivity index (χ4n) is 4.07. The van der Waals surface area contributed by atoms with Crippen LogP contribution >= 0.6 is 11.8 Å². The van der Waals surface area contributed by atoms with Crippen LogP contribution in [0, 0.1) is 6.92 Å². The van der Waals surface area contributed by atoms with Crippen molar-refractivity contribution in [2.24, 2.45) is 0 Å². The second-order valence-electron chi connectivity index (χ2n) is 8.53. The van der Waals surface area contributed by atoms with E-state index in [4.69, 9.17) is 9.47 Å². The average molecular weight is 527 g/mol. The Hall–Kier alpha value is -2.70. The highest BCUT2D eigenvalue weighted by Gasteiger charge is 2.43. The maximum atomic E-state index is 13.1. The fourth-order valence-corrected chi connectivity index (χ4v) is 5.16. The smallest absolute Gasteiger partial charge is 0.402 e. The first-order valence-corrected chi connectivity index (χ1v) is 12.7. The van der Waals surface area contributed by atoms with Crippen LogP contribution in [-0.2, 0) is 4.74 Å². The molecule has 0 bridgehead atoms. The number of benzene rings is 1. The van der Waals surface area contributed by atoms with Crippen molar-refractivity contribution in [1.82, 2.24) is 9.88 Å². The Labute approximate surface area is 211 Å². The lowest BCUT2D eigenvalue weighted by molar-refractivity contribution is -0.131. The average Bonchev–Trinajstić information content (AvgIpc) is 2.88. The Morgan fingerprint density at radius 2 is 2.03 bits per heavy atom. The van der Waals surface area contributed by atoms with Crippen LogP contribution in [-0.4, -0.2) is 90.8 Å². The second kappa shape index (κ2) is 11.6. The van der Waals surface area contributed by atoms with Crippen molar-refractivity contribution >= 4 is 29.3 Å². The standard InChI is InChI=1S/C24H29F3N4O4S/c1-16-2-3-18(28-23(33)31-6-11-36-20(15-31)24(25,26)27)14-19(16)17-12-21(30-4-8-34-9-5-30)29-22(13-17)35-10-7-32/h2-3,12-14,20,32H,4-11,15H2,1H3,(H,28,33). The van der Waals surface area contributed by atoms with E-state index in [1.165, 1.54) is 4.90 Å². The quantitative estimate of drug-likeness (QED) is 0.593. The lowest BCUT2D eigenvalue weighted by Gasteiger charge is -2.33. The van der Waals surface area contributed by atoms with Gasteiger partial charge >= 0.3 is 12.2 Å². The van der Waals surface area contributed by atoms with Gasteiger partial charge in [0.15, 0.2) is 0 Å². The van der Waals surface area contributed by atoms with E-state index in [0.717, 1.165) is 28.5 Å². The number of ether oxygens (including phenoxy) is 2. The molecule has 2 amide bonds. The predicted molar refractivity (Wildman–Crippen MR) is 133 cm³/mol. The fraction of sp³-hybridized carbons (Fsp3) is 0.500. The molecule has 0 radical (unpaired) electrons. The molecule has 1 aromatic heterocycles. The first kappa shape index (κ1) is 26.4. The van der Waals surface area contributed by atoms with Gasteiger partial charge in [0, 0.05) is 43.7 Å².